The highest BCUT2D eigenvalue weighted by molar-refractivity contribution is 5.93. The largest absolute Gasteiger partial charge is 0.478 e. The van der Waals surface area contributed by atoms with Crippen molar-refractivity contribution in [2.75, 3.05) is 19.0 Å². The van der Waals surface area contributed by atoms with Gasteiger partial charge < -0.3 is 10.0 Å². The van der Waals surface area contributed by atoms with E-state index in [9.17, 15) is 13.6 Å². The minimum absolute atomic E-state index is 0.0976. The molecule has 0 bridgehead atoms. The number of benzene rings is 2. The number of aliphatic carboxylic acids is 1. The van der Waals surface area contributed by atoms with E-state index in [1.54, 1.807) is 4.68 Å². The van der Waals surface area contributed by atoms with Gasteiger partial charge in [-0.25, -0.2) is 13.6 Å². The highest BCUT2D eigenvalue weighted by Crippen LogP contribution is 2.26. The topological polar surface area (TPSA) is 58.4 Å². The summed E-state index contributed by atoms with van der Waals surface area (Å²) in [6.45, 7) is 0.0976. The number of carboxylic acids is 1. The number of hydrogen-bond donors (Lipinski definition) is 1. The molecule has 1 N–H and O–H groups in total. The van der Waals surface area contributed by atoms with Gasteiger partial charge in [0.05, 0.1) is 17.8 Å². The fourth-order valence-electron chi connectivity index (χ4n) is 2.67. The number of halogens is 2. The van der Waals surface area contributed by atoms with E-state index in [0.29, 0.717) is 11.3 Å². The lowest BCUT2D eigenvalue weighted by atomic mass is 10.1. The molecule has 0 amide bonds. The summed E-state index contributed by atoms with van der Waals surface area (Å²) in [6, 6.07) is 9.03. The lowest BCUT2D eigenvalue weighted by molar-refractivity contribution is -0.131. The second-order valence-electron chi connectivity index (χ2n) is 6.05. The molecule has 3 rings (SSSR count). The van der Waals surface area contributed by atoms with Gasteiger partial charge in [0.2, 0.25) is 0 Å². The third kappa shape index (κ3) is 3.56. The average molecular weight is 357 g/mol. The van der Waals surface area contributed by atoms with Gasteiger partial charge in [-0.05, 0) is 30.3 Å². The molecule has 5 nitrogen and oxygen atoms in total. The molecule has 0 aliphatic rings. The Balaban J connectivity index is 2.12. The van der Waals surface area contributed by atoms with E-state index in [1.165, 1.54) is 18.2 Å². The van der Waals surface area contributed by atoms with Gasteiger partial charge in [0, 0.05) is 42.9 Å². The van der Waals surface area contributed by atoms with Gasteiger partial charge in [0.15, 0.2) is 0 Å². The Bertz CT molecular complexity index is 1010. The summed E-state index contributed by atoms with van der Waals surface area (Å²) in [7, 11) is 3.79. The van der Waals surface area contributed by atoms with Crippen LogP contribution in [0.1, 0.15) is 11.3 Å². The van der Waals surface area contributed by atoms with Gasteiger partial charge in [0.25, 0.3) is 0 Å². The third-order valence-corrected chi connectivity index (χ3v) is 4.00. The maximum Gasteiger partial charge on any atom is 0.328 e. The highest BCUT2D eigenvalue weighted by Gasteiger charge is 2.13. The molecule has 0 spiro atoms. The van der Waals surface area contributed by atoms with E-state index >= 15 is 0 Å². The van der Waals surface area contributed by atoms with Crippen molar-refractivity contribution in [3.05, 3.63) is 65.4 Å². The average Bonchev–Trinajstić information content (AvgIpc) is 2.92. The van der Waals surface area contributed by atoms with Crippen molar-refractivity contribution in [1.29, 1.82) is 0 Å². The minimum Gasteiger partial charge on any atom is -0.478 e. The van der Waals surface area contributed by atoms with E-state index in [4.69, 9.17) is 5.11 Å². The van der Waals surface area contributed by atoms with Crippen LogP contribution in [0.2, 0.25) is 0 Å². The van der Waals surface area contributed by atoms with Crippen molar-refractivity contribution in [2.45, 2.75) is 6.54 Å². The molecule has 3 aromatic rings. The molecular weight excluding hydrogens is 340 g/mol. The first-order valence-electron chi connectivity index (χ1n) is 7.88. The monoisotopic (exact) mass is 357 g/mol. The van der Waals surface area contributed by atoms with Crippen LogP contribution < -0.4 is 4.90 Å². The summed E-state index contributed by atoms with van der Waals surface area (Å²) in [4.78, 5) is 12.7. The molecule has 0 atom stereocenters. The molecule has 0 fully saturated rings. The summed E-state index contributed by atoms with van der Waals surface area (Å²) in [5.74, 6) is -2.38. The number of anilines is 1. The number of rotatable bonds is 5. The number of carbonyl (C=O) groups is 1. The van der Waals surface area contributed by atoms with Gasteiger partial charge in [-0.3, -0.25) is 4.68 Å². The number of fused-ring (bicyclic) bond motifs is 1. The van der Waals surface area contributed by atoms with Crippen LogP contribution in [0.4, 0.5) is 14.5 Å². The zero-order valence-corrected chi connectivity index (χ0v) is 14.3. The van der Waals surface area contributed by atoms with Crippen molar-refractivity contribution in [2.24, 2.45) is 0 Å². The van der Waals surface area contributed by atoms with Gasteiger partial charge in [-0.2, -0.15) is 5.10 Å². The first-order chi connectivity index (χ1) is 12.3. The van der Waals surface area contributed by atoms with Crippen molar-refractivity contribution in [1.82, 2.24) is 9.78 Å². The molecule has 1 aromatic heterocycles. The Morgan fingerprint density at radius 1 is 1.23 bits per heavy atom. The zero-order valence-electron chi connectivity index (χ0n) is 14.3. The van der Waals surface area contributed by atoms with Crippen molar-refractivity contribution in [3.8, 4) is 0 Å². The smallest absolute Gasteiger partial charge is 0.328 e. The first-order valence-corrected chi connectivity index (χ1v) is 7.88. The van der Waals surface area contributed by atoms with Crippen LogP contribution in [0, 0.1) is 11.6 Å². The van der Waals surface area contributed by atoms with Gasteiger partial charge in [-0.1, -0.05) is 6.07 Å². The number of carboxylic acid groups (broad SMARTS) is 1. The molecular formula is C19H17F2N3O2. The predicted molar refractivity (Wildman–Crippen MR) is 96.2 cm³/mol. The molecule has 0 unspecified atom stereocenters. The van der Waals surface area contributed by atoms with E-state index in [2.05, 4.69) is 5.10 Å². The lowest BCUT2D eigenvalue weighted by Crippen LogP contribution is -2.09. The summed E-state index contributed by atoms with van der Waals surface area (Å²) >= 11 is 0. The van der Waals surface area contributed by atoms with E-state index in [-0.39, 0.29) is 6.54 Å². The normalized spacial score (nSPS) is 11.4. The summed E-state index contributed by atoms with van der Waals surface area (Å²) < 4.78 is 28.7. The van der Waals surface area contributed by atoms with Crippen LogP contribution in [-0.2, 0) is 11.3 Å². The lowest BCUT2D eigenvalue weighted by Gasteiger charge is -2.13. The molecule has 0 aliphatic carbocycles. The summed E-state index contributed by atoms with van der Waals surface area (Å²) in [5.41, 5.74) is 2.41. The molecule has 0 aliphatic heterocycles. The Kier molecular flexibility index (Phi) is 4.71. The fourth-order valence-corrected chi connectivity index (χ4v) is 2.67. The Labute approximate surface area is 148 Å². The molecule has 0 saturated carbocycles. The predicted octanol–water partition coefficient (Wildman–Crippen LogP) is 3.53. The highest BCUT2D eigenvalue weighted by atomic mass is 19.1. The SMILES string of the molecule is CN(C)c1ccc2c(/C=C/C(=O)O)nn(Cc3ccc(F)cc3F)c2c1. The maximum absolute atomic E-state index is 14.0. The van der Waals surface area contributed by atoms with E-state index < -0.39 is 17.6 Å². The minimum atomic E-state index is -1.08. The molecule has 0 saturated heterocycles. The second-order valence-corrected chi connectivity index (χ2v) is 6.05. The van der Waals surface area contributed by atoms with Crippen LogP contribution in [0.15, 0.2) is 42.5 Å². The molecule has 134 valence electrons. The van der Waals surface area contributed by atoms with Gasteiger partial charge in [0.1, 0.15) is 11.6 Å². The zero-order chi connectivity index (χ0) is 18.8. The van der Waals surface area contributed by atoms with Crippen LogP contribution in [0.5, 0.6) is 0 Å². The van der Waals surface area contributed by atoms with Crippen molar-refractivity contribution < 1.29 is 18.7 Å². The second kappa shape index (κ2) is 6.95. The standard InChI is InChI=1S/C19H17F2N3O2/c1-23(2)14-5-6-15-17(7-8-19(25)26)22-24(18(15)10-14)11-12-3-4-13(20)9-16(12)21/h3-10H,11H2,1-2H3,(H,25,26)/b8-7+. The van der Waals surface area contributed by atoms with Crippen LogP contribution >= 0.6 is 0 Å². The molecule has 0 radical (unpaired) electrons. The van der Waals surface area contributed by atoms with Crippen LogP contribution in [-0.4, -0.2) is 35.0 Å². The summed E-state index contributed by atoms with van der Waals surface area (Å²) in [5, 5.41) is 14.0. The van der Waals surface area contributed by atoms with Crippen molar-refractivity contribution in [3.63, 3.8) is 0 Å². The fraction of sp³-hybridized carbons (Fsp3) is 0.158. The Morgan fingerprint density at radius 3 is 2.65 bits per heavy atom. The van der Waals surface area contributed by atoms with Crippen LogP contribution in [0.3, 0.4) is 0 Å². The number of hydrogen-bond acceptors (Lipinski definition) is 3. The van der Waals surface area contributed by atoms with Crippen LogP contribution in [0.25, 0.3) is 17.0 Å². The molecule has 2 aromatic carbocycles. The third-order valence-electron chi connectivity index (χ3n) is 4.00. The van der Waals surface area contributed by atoms with Gasteiger partial charge >= 0.3 is 5.97 Å². The van der Waals surface area contributed by atoms with E-state index in [1.807, 2.05) is 37.2 Å². The van der Waals surface area contributed by atoms with Crippen molar-refractivity contribution >= 4 is 28.6 Å². The maximum atomic E-state index is 14.0. The quantitative estimate of drug-likeness (QED) is 0.710. The van der Waals surface area contributed by atoms with Gasteiger partial charge in [-0.15, -0.1) is 0 Å². The first kappa shape index (κ1) is 17.6. The Hall–Kier alpha value is -3.22. The number of nitrogens with zero attached hydrogens (tertiary/aromatic N) is 3. The number of aromatic nitrogens is 2. The molecule has 7 heteroatoms. The van der Waals surface area contributed by atoms with E-state index in [0.717, 1.165) is 28.7 Å². The molecule has 1 heterocycles. The Morgan fingerprint density at radius 2 is 2.00 bits per heavy atom. The summed E-state index contributed by atoms with van der Waals surface area (Å²) in [6.07, 6.45) is 2.40. The molecule has 26 heavy (non-hydrogen) atoms.